The molecule has 2 aliphatic rings. The standard InChI is InChI=1S/C17H23N3O3S/c21-8-7-20-17(18-16(19-20)12-5-10-22-11-6-12)15-4-3-14(24-15)13-2-1-9-23-13/h3-4,12-13,21H,1-2,5-11H2. The third-order valence-electron chi connectivity index (χ3n) is 4.68. The van der Waals surface area contributed by atoms with E-state index in [1.807, 2.05) is 4.68 Å². The van der Waals surface area contributed by atoms with Crippen molar-refractivity contribution in [3.05, 3.63) is 22.8 Å². The highest BCUT2D eigenvalue weighted by molar-refractivity contribution is 7.15. The van der Waals surface area contributed by atoms with E-state index in [1.54, 1.807) is 11.3 Å². The Balaban J connectivity index is 1.61. The van der Waals surface area contributed by atoms with E-state index in [-0.39, 0.29) is 12.7 Å². The fourth-order valence-electron chi connectivity index (χ4n) is 3.37. The second-order valence-corrected chi connectivity index (χ2v) is 7.45. The smallest absolute Gasteiger partial charge is 0.168 e. The van der Waals surface area contributed by atoms with Crippen molar-refractivity contribution in [2.75, 3.05) is 26.4 Å². The van der Waals surface area contributed by atoms with Gasteiger partial charge in [-0.2, -0.15) is 5.10 Å². The third-order valence-corrected chi connectivity index (χ3v) is 5.85. The van der Waals surface area contributed by atoms with Gasteiger partial charge < -0.3 is 14.6 Å². The Morgan fingerprint density at radius 3 is 2.83 bits per heavy atom. The van der Waals surface area contributed by atoms with Crippen molar-refractivity contribution in [2.45, 2.75) is 44.2 Å². The lowest BCUT2D eigenvalue weighted by molar-refractivity contribution is 0.0835. The average molecular weight is 349 g/mol. The molecule has 0 saturated carbocycles. The fourth-order valence-corrected chi connectivity index (χ4v) is 4.46. The van der Waals surface area contributed by atoms with Gasteiger partial charge in [0.05, 0.1) is 24.1 Å². The molecule has 0 radical (unpaired) electrons. The fraction of sp³-hybridized carbons (Fsp3) is 0.647. The number of hydrogen-bond acceptors (Lipinski definition) is 6. The Morgan fingerprint density at radius 1 is 1.21 bits per heavy atom. The summed E-state index contributed by atoms with van der Waals surface area (Å²) in [5.41, 5.74) is 0. The van der Waals surface area contributed by atoms with Gasteiger partial charge in [-0.05, 0) is 37.8 Å². The lowest BCUT2D eigenvalue weighted by atomic mass is 10.00. The van der Waals surface area contributed by atoms with Gasteiger partial charge >= 0.3 is 0 Å². The maximum atomic E-state index is 9.36. The number of rotatable bonds is 5. The molecular formula is C17H23N3O3S. The van der Waals surface area contributed by atoms with Crippen molar-refractivity contribution in [2.24, 2.45) is 0 Å². The SMILES string of the molecule is OCCn1nc(C2CCOCC2)nc1-c1ccc(C2CCCO2)s1. The predicted octanol–water partition coefficient (Wildman–Crippen LogP) is 2.74. The number of ether oxygens (including phenoxy) is 2. The number of hydrogen-bond donors (Lipinski definition) is 1. The summed E-state index contributed by atoms with van der Waals surface area (Å²) in [4.78, 5) is 7.17. The summed E-state index contributed by atoms with van der Waals surface area (Å²) >= 11 is 1.73. The maximum absolute atomic E-state index is 9.36. The monoisotopic (exact) mass is 349 g/mol. The summed E-state index contributed by atoms with van der Waals surface area (Å²) in [6.45, 7) is 2.94. The quantitative estimate of drug-likeness (QED) is 0.899. The van der Waals surface area contributed by atoms with Crippen LogP contribution < -0.4 is 0 Å². The summed E-state index contributed by atoms with van der Waals surface area (Å²) in [6, 6.07) is 4.25. The van der Waals surface area contributed by atoms with Gasteiger partial charge in [-0.25, -0.2) is 9.67 Å². The Labute approximate surface area is 145 Å². The van der Waals surface area contributed by atoms with E-state index in [4.69, 9.17) is 14.5 Å². The molecule has 1 unspecified atom stereocenters. The highest BCUT2D eigenvalue weighted by Gasteiger charge is 2.24. The molecule has 2 aliphatic heterocycles. The van der Waals surface area contributed by atoms with Gasteiger partial charge in [0.1, 0.15) is 0 Å². The highest BCUT2D eigenvalue weighted by Crippen LogP contribution is 2.37. The first kappa shape index (κ1) is 16.2. The molecule has 1 N–H and O–H groups in total. The van der Waals surface area contributed by atoms with E-state index in [0.29, 0.717) is 12.5 Å². The van der Waals surface area contributed by atoms with Crippen LogP contribution in [0.4, 0.5) is 0 Å². The predicted molar refractivity (Wildman–Crippen MR) is 91.1 cm³/mol. The van der Waals surface area contributed by atoms with Crippen LogP contribution in [-0.4, -0.2) is 46.3 Å². The number of nitrogens with zero attached hydrogens (tertiary/aromatic N) is 3. The molecule has 4 rings (SSSR count). The number of aliphatic hydroxyl groups excluding tert-OH is 1. The van der Waals surface area contributed by atoms with Crippen molar-refractivity contribution in [3.8, 4) is 10.7 Å². The molecule has 24 heavy (non-hydrogen) atoms. The number of aromatic nitrogens is 3. The zero-order chi connectivity index (χ0) is 16.4. The van der Waals surface area contributed by atoms with E-state index in [9.17, 15) is 5.11 Å². The van der Waals surface area contributed by atoms with Gasteiger partial charge in [0.25, 0.3) is 0 Å². The Kier molecular flexibility index (Phi) is 4.93. The van der Waals surface area contributed by atoms with Gasteiger partial charge in [0, 0.05) is 30.6 Å². The van der Waals surface area contributed by atoms with Crippen LogP contribution in [0.2, 0.25) is 0 Å². The molecule has 7 heteroatoms. The second kappa shape index (κ2) is 7.31. The molecule has 0 aromatic carbocycles. The van der Waals surface area contributed by atoms with E-state index in [0.717, 1.165) is 62.0 Å². The summed E-state index contributed by atoms with van der Waals surface area (Å²) in [7, 11) is 0. The van der Waals surface area contributed by atoms with E-state index >= 15 is 0 Å². The van der Waals surface area contributed by atoms with Crippen molar-refractivity contribution < 1.29 is 14.6 Å². The topological polar surface area (TPSA) is 69.4 Å². The lowest BCUT2D eigenvalue weighted by Crippen LogP contribution is -2.15. The van der Waals surface area contributed by atoms with Crippen LogP contribution in [0.15, 0.2) is 12.1 Å². The second-order valence-electron chi connectivity index (χ2n) is 6.33. The van der Waals surface area contributed by atoms with Gasteiger partial charge in [0.2, 0.25) is 0 Å². The summed E-state index contributed by atoms with van der Waals surface area (Å²) in [5, 5.41) is 14.0. The minimum absolute atomic E-state index is 0.0630. The van der Waals surface area contributed by atoms with Gasteiger partial charge in [-0.3, -0.25) is 0 Å². The Hall–Kier alpha value is -1.28. The van der Waals surface area contributed by atoms with E-state index < -0.39 is 0 Å². The molecule has 6 nitrogen and oxygen atoms in total. The van der Waals surface area contributed by atoms with Crippen LogP contribution in [0.3, 0.4) is 0 Å². The number of aliphatic hydroxyl groups is 1. The molecule has 2 aromatic heterocycles. The van der Waals surface area contributed by atoms with Crippen molar-refractivity contribution in [3.63, 3.8) is 0 Å². The Morgan fingerprint density at radius 2 is 2.08 bits per heavy atom. The van der Waals surface area contributed by atoms with Crippen LogP contribution in [0.25, 0.3) is 10.7 Å². The minimum atomic E-state index is 0.0630. The Bertz CT molecular complexity index is 672. The zero-order valence-electron chi connectivity index (χ0n) is 13.7. The zero-order valence-corrected chi connectivity index (χ0v) is 14.5. The molecule has 2 saturated heterocycles. The van der Waals surface area contributed by atoms with Crippen LogP contribution in [-0.2, 0) is 16.0 Å². The number of thiophene rings is 1. The first-order valence-electron chi connectivity index (χ1n) is 8.70. The molecule has 2 aromatic rings. The first-order valence-corrected chi connectivity index (χ1v) is 9.52. The van der Waals surface area contributed by atoms with Crippen LogP contribution in [0.1, 0.15) is 48.4 Å². The summed E-state index contributed by atoms with van der Waals surface area (Å²) < 4.78 is 13.1. The van der Waals surface area contributed by atoms with Crippen LogP contribution in [0, 0.1) is 0 Å². The van der Waals surface area contributed by atoms with Crippen molar-refractivity contribution >= 4 is 11.3 Å². The van der Waals surface area contributed by atoms with Crippen LogP contribution >= 0.6 is 11.3 Å². The summed E-state index contributed by atoms with van der Waals surface area (Å²) in [6.07, 6.45) is 4.39. The molecule has 0 aliphatic carbocycles. The molecule has 1 atom stereocenters. The molecule has 2 fully saturated rings. The van der Waals surface area contributed by atoms with E-state index in [2.05, 4.69) is 17.2 Å². The van der Waals surface area contributed by atoms with Gasteiger partial charge in [-0.1, -0.05) is 0 Å². The maximum Gasteiger partial charge on any atom is 0.168 e. The summed E-state index contributed by atoms with van der Waals surface area (Å²) in [5.74, 6) is 2.10. The van der Waals surface area contributed by atoms with Crippen LogP contribution in [0.5, 0.6) is 0 Å². The minimum Gasteiger partial charge on any atom is -0.394 e. The van der Waals surface area contributed by atoms with Crippen molar-refractivity contribution in [1.82, 2.24) is 14.8 Å². The molecule has 0 spiro atoms. The molecule has 4 heterocycles. The van der Waals surface area contributed by atoms with E-state index in [1.165, 1.54) is 4.88 Å². The third kappa shape index (κ3) is 3.26. The largest absolute Gasteiger partial charge is 0.394 e. The highest BCUT2D eigenvalue weighted by atomic mass is 32.1. The van der Waals surface area contributed by atoms with Crippen molar-refractivity contribution in [1.29, 1.82) is 0 Å². The molecular weight excluding hydrogens is 326 g/mol. The lowest BCUT2D eigenvalue weighted by Gasteiger charge is -2.18. The van der Waals surface area contributed by atoms with Gasteiger partial charge in [-0.15, -0.1) is 11.3 Å². The molecule has 0 amide bonds. The first-order chi connectivity index (χ1) is 11.8. The van der Waals surface area contributed by atoms with Gasteiger partial charge in [0.15, 0.2) is 11.6 Å². The average Bonchev–Trinajstić information content (AvgIpc) is 3.35. The normalized spacial score (nSPS) is 22.3. The molecule has 130 valence electrons. The molecule has 0 bridgehead atoms.